The molecular weight excluding hydrogens is 338 g/mol. The van der Waals surface area contributed by atoms with Crippen molar-refractivity contribution < 1.29 is 14.3 Å². The molecule has 4 heteroatoms. The fourth-order valence-corrected chi connectivity index (χ4v) is 3.10. The van der Waals surface area contributed by atoms with Gasteiger partial charge >= 0.3 is 5.97 Å². The third-order valence-corrected chi connectivity index (χ3v) is 4.59. The number of ether oxygens (including phenoxy) is 1. The Morgan fingerprint density at radius 1 is 1.00 bits per heavy atom. The van der Waals surface area contributed by atoms with Crippen molar-refractivity contribution in [2.75, 3.05) is 11.9 Å². The molecular formula is C23H29NO3. The van der Waals surface area contributed by atoms with E-state index in [-0.39, 0.29) is 24.9 Å². The van der Waals surface area contributed by atoms with Crippen LogP contribution in [0.15, 0.2) is 54.6 Å². The third-order valence-electron chi connectivity index (χ3n) is 4.59. The van der Waals surface area contributed by atoms with Crippen molar-refractivity contribution >= 4 is 17.6 Å². The standard InChI is InChI=1S/C23H29NO3/c1-17(2)14-20(23(26)27-16-19-11-6-5-7-12-19)15-22(25)24(4)21-13-9-8-10-18(21)3/h5-13,17,20H,14-16H2,1-4H3/t20-/m1/s1. The van der Waals surface area contributed by atoms with Gasteiger partial charge < -0.3 is 9.64 Å². The summed E-state index contributed by atoms with van der Waals surface area (Å²) in [6, 6.07) is 17.3. The van der Waals surface area contributed by atoms with E-state index in [1.54, 1.807) is 11.9 Å². The number of carbonyl (C=O) groups is 2. The normalized spacial score (nSPS) is 11.9. The zero-order chi connectivity index (χ0) is 19.8. The predicted octanol–water partition coefficient (Wildman–Crippen LogP) is 4.75. The first-order valence-corrected chi connectivity index (χ1v) is 9.41. The van der Waals surface area contributed by atoms with Gasteiger partial charge in [0.2, 0.25) is 5.91 Å². The van der Waals surface area contributed by atoms with Crippen LogP contribution in [0.4, 0.5) is 5.69 Å². The van der Waals surface area contributed by atoms with Gasteiger partial charge in [-0.05, 0) is 36.5 Å². The van der Waals surface area contributed by atoms with Gasteiger partial charge in [0.05, 0.1) is 5.92 Å². The number of carbonyl (C=O) groups excluding carboxylic acids is 2. The lowest BCUT2D eigenvalue weighted by Crippen LogP contribution is -2.32. The van der Waals surface area contributed by atoms with Crippen molar-refractivity contribution in [2.45, 2.75) is 40.2 Å². The van der Waals surface area contributed by atoms with Gasteiger partial charge in [-0.3, -0.25) is 9.59 Å². The number of rotatable bonds is 8. The molecule has 0 heterocycles. The van der Waals surface area contributed by atoms with Gasteiger partial charge in [-0.1, -0.05) is 62.4 Å². The second kappa shape index (κ2) is 9.91. The van der Waals surface area contributed by atoms with Crippen LogP contribution in [0.2, 0.25) is 0 Å². The van der Waals surface area contributed by atoms with E-state index in [9.17, 15) is 9.59 Å². The molecule has 0 aromatic heterocycles. The van der Waals surface area contributed by atoms with Gasteiger partial charge in [0.1, 0.15) is 6.61 Å². The Hall–Kier alpha value is -2.62. The molecule has 0 fully saturated rings. The predicted molar refractivity (Wildman–Crippen MR) is 108 cm³/mol. The minimum atomic E-state index is -0.437. The molecule has 0 radical (unpaired) electrons. The zero-order valence-corrected chi connectivity index (χ0v) is 16.6. The third kappa shape index (κ3) is 6.24. The number of aryl methyl sites for hydroxylation is 1. The maximum absolute atomic E-state index is 12.8. The number of amides is 1. The summed E-state index contributed by atoms with van der Waals surface area (Å²) in [7, 11) is 1.76. The first-order chi connectivity index (χ1) is 12.9. The summed E-state index contributed by atoms with van der Waals surface area (Å²) in [5.41, 5.74) is 2.83. The van der Waals surface area contributed by atoms with Crippen molar-refractivity contribution in [3.05, 3.63) is 65.7 Å². The number of hydrogen-bond donors (Lipinski definition) is 0. The zero-order valence-electron chi connectivity index (χ0n) is 16.6. The highest BCUT2D eigenvalue weighted by Crippen LogP contribution is 2.23. The Balaban J connectivity index is 2.03. The quantitative estimate of drug-likeness (QED) is 0.632. The maximum atomic E-state index is 12.8. The molecule has 2 aromatic carbocycles. The molecule has 4 nitrogen and oxygen atoms in total. The van der Waals surface area contributed by atoms with Crippen molar-refractivity contribution in [3.8, 4) is 0 Å². The van der Waals surface area contributed by atoms with Crippen LogP contribution in [-0.4, -0.2) is 18.9 Å². The molecule has 0 unspecified atom stereocenters. The molecule has 0 N–H and O–H groups in total. The molecule has 0 spiro atoms. The van der Waals surface area contributed by atoms with Crippen LogP contribution < -0.4 is 4.90 Å². The summed E-state index contributed by atoms with van der Waals surface area (Å²) in [4.78, 5) is 27.0. The molecule has 1 amide bonds. The average molecular weight is 367 g/mol. The molecule has 2 rings (SSSR count). The lowest BCUT2D eigenvalue weighted by atomic mass is 9.93. The summed E-state index contributed by atoms with van der Waals surface area (Å²) < 4.78 is 5.49. The van der Waals surface area contributed by atoms with Gasteiger partial charge in [0, 0.05) is 19.2 Å². The van der Waals surface area contributed by atoms with Gasteiger partial charge in [-0.15, -0.1) is 0 Å². The number of anilines is 1. The molecule has 1 atom stereocenters. The lowest BCUT2D eigenvalue weighted by molar-refractivity contribution is -0.152. The van der Waals surface area contributed by atoms with Gasteiger partial charge in [0.15, 0.2) is 0 Å². The van der Waals surface area contributed by atoms with Crippen molar-refractivity contribution in [2.24, 2.45) is 11.8 Å². The summed E-state index contributed by atoms with van der Waals surface area (Å²) in [6.45, 7) is 6.30. The molecule has 0 saturated heterocycles. The van der Waals surface area contributed by atoms with E-state index in [4.69, 9.17) is 4.74 Å². The maximum Gasteiger partial charge on any atom is 0.309 e. The van der Waals surface area contributed by atoms with Crippen LogP contribution >= 0.6 is 0 Å². The number of nitrogens with zero attached hydrogens (tertiary/aromatic N) is 1. The molecule has 0 aliphatic heterocycles. The molecule has 0 saturated carbocycles. The molecule has 144 valence electrons. The average Bonchev–Trinajstić information content (AvgIpc) is 2.65. The van der Waals surface area contributed by atoms with Gasteiger partial charge in [0.25, 0.3) is 0 Å². The summed E-state index contributed by atoms with van der Waals surface area (Å²) in [5.74, 6) is -0.519. The van der Waals surface area contributed by atoms with Crippen LogP contribution in [-0.2, 0) is 20.9 Å². The van der Waals surface area contributed by atoms with Crippen LogP contribution in [0, 0.1) is 18.8 Å². The second-order valence-corrected chi connectivity index (χ2v) is 7.36. The van der Waals surface area contributed by atoms with Gasteiger partial charge in [-0.25, -0.2) is 0 Å². The molecule has 0 bridgehead atoms. The highest BCUT2D eigenvalue weighted by Gasteiger charge is 2.26. The van der Waals surface area contributed by atoms with E-state index in [1.807, 2.05) is 75.4 Å². The molecule has 2 aromatic rings. The Labute approximate surface area is 162 Å². The SMILES string of the molecule is Cc1ccccc1N(C)C(=O)C[C@@H](CC(C)C)C(=O)OCc1ccccc1. The second-order valence-electron chi connectivity index (χ2n) is 7.36. The summed E-state index contributed by atoms with van der Waals surface area (Å²) in [5, 5.41) is 0. The van der Waals surface area contributed by atoms with Gasteiger partial charge in [-0.2, -0.15) is 0 Å². The summed E-state index contributed by atoms with van der Waals surface area (Å²) in [6.07, 6.45) is 0.775. The Kier molecular flexibility index (Phi) is 7.59. The fourth-order valence-electron chi connectivity index (χ4n) is 3.10. The highest BCUT2D eigenvalue weighted by atomic mass is 16.5. The number of para-hydroxylation sites is 1. The Morgan fingerprint density at radius 2 is 1.63 bits per heavy atom. The van der Waals surface area contributed by atoms with E-state index >= 15 is 0 Å². The highest BCUT2D eigenvalue weighted by molar-refractivity contribution is 5.95. The Morgan fingerprint density at radius 3 is 2.26 bits per heavy atom. The van der Waals surface area contributed by atoms with Crippen LogP contribution in [0.1, 0.15) is 37.8 Å². The number of benzene rings is 2. The minimum Gasteiger partial charge on any atom is -0.461 e. The monoisotopic (exact) mass is 367 g/mol. The van der Waals surface area contributed by atoms with Crippen LogP contribution in [0.3, 0.4) is 0 Å². The molecule has 0 aliphatic rings. The lowest BCUT2D eigenvalue weighted by Gasteiger charge is -2.23. The topological polar surface area (TPSA) is 46.6 Å². The van der Waals surface area contributed by atoms with Crippen molar-refractivity contribution in [1.82, 2.24) is 0 Å². The van der Waals surface area contributed by atoms with E-state index < -0.39 is 5.92 Å². The minimum absolute atomic E-state index is 0.0772. The van der Waals surface area contributed by atoms with Crippen molar-refractivity contribution in [3.63, 3.8) is 0 Å². The Bertz CT molecular complexity index is 755. The molecule has 27 heavy (non-hydrogen) atoms. The van der Waals surface area contributed by atoms with E-state index in [0.29, 0.717) is 12.3 Å². The van der Waals surface area contributed by atoms with E-state index in [0.717, 1.165) is 16.8 Å². The molecule has 0 aliphatic carbocycles. The van der Waals surface area contributed by atoms with E-state index in [2.05, 4.69) is 0 Å². The van der Waals surface area contributed by atoms with Crippen molar-refractivity contribution in [1.29, 1.82) is 0 Å². The first kappa shape index (κ1) is 20.7. The van der Waals surface area contributed by atoms with Crippen LogP contribution in [0.5, 0.6) is 0 Å². The van der Waals surface area contributed by atoms with Crippen LogP contribution in [0.25, 0.3) is 0 Å². The van der Waals surface area contributed by atoms with E-state index in [1.165, 1.54) is 0 Å². The number of hydrogen-bond acceptors (Lipinski definition) is 3. The first-order valence-electron chi connectivity index (χ1n) is 9.41. The smallest absolute Gasteiger partial charge is 0.309 e. The fraction of sp³-hybridized carbons (Fsp3) is 0.391. The largest absolute Gasteiger partial charge is 0.461 e. The number of esters is 1. The summed E-state index contributed by atoms with van der Waals surface area (Å²) >= 11 is 0.